The van der Waals surface area contributed by atoms with E-state index in [1.165, 1.54) is 37.5 Å². The third-order valence-corrected chi connectivity index (χ3v) is 5.04. The van der Waals surface area contributed by atoms with E-state index in [0.717, 1.165) is 5.56 Å². The van der Waals surface area contributed by atoms with Crippen LogP contribution in [0, 0.1) is 18.3 Å². The fourth-order valence-electron chi connectivity index (χ4n) is 2.00. The Bertz CT molecular complexity index is 918. The van der Waals surface area contributed by atoms with Crippen molar-refractivity contribution in [1.29, 1.82) is 5.26 Å². The molecule has 0 spiro atoms. The van der Waals surface area contributed by atoms with Gasteiger partial charge in [0.25, 0.3) is 0 Å². The molecule has 0 unspecified atom stereocenters. The molecule has 122 valence electrons. The van der Waals surface area contributed by atoms with Crippen LogP contribution >= 0.6 is 0 Å². The molecule has 6 heteroatoms. The van der Waals surface area contributed by atoms with Crippen LogP contribution in [0.3, 0.4) is 0 Å². The molecule has 5 nitrogen and oxygen atoms in total. The van der Waals surface area contributed by atoms with Crippen LogP contribution in [-0.2, 0) is 14.6 Å². The number of aryl methyl sites for hydroxylation is 1. The molecule has 0 N–H and O–H groups in total. The van der Waals surface area contributed by atoms with E-state index in [-0.39, 0.29) is 9.80 Å². The van der Waals surface area contributed by atoms with Crippen molar-refractivity contribution in [3.05, 3.63) is 70.1 Å². The summed E-state index contributed by atoms with van der Waals surface area (Å²) < 4.78 is 29.7. The zero-order chi connectivity index (χ0) is 17.7. The second kappa shape index (κ2) is 7.11. The van der Waals surface area contributed by atoms with Gasteiger partial charge in [-0.2, -0.15) is 5.26 Å². The van der Waals surface area contributed by atoms with E-state index in [0.29, 0.717) is 11.1 Å². The van der Waals surface area contributed by atoms with Gasteiger partial charge in [0.2, 0.25) is 9.84 Å². The van der Waals surface area contributed by atoms with Crippen molar-refractivity contribution in [3.63, 3.8) is 0 Å². The van der Waals surface area contributed by atoms with Gasteiger partial charge in [-0.15, -0.1) is 0 Å². The van der Waals surface area contributed by atoms with Crippen LogP contribution in [0.5, 0.6) is 0 Å². The number of allylic oxidation sites excluding steroid dienone is 1. The van der Waals surface area contributed by atoms with E-state index >= 15 is 0 Å². The normalized spacial score (nSPS) is 11.6. The topological polar surface area (TPSA) is 84.2 Å². The minimum atomic E-state index is -3.89. The Labute approximate surface area is 140 Å². The van der Waals surface area contributed by atoms with Gasteiger partial charge in [0.05, 0.1) is 17.6 Å². The minimum Gasteiger partial charge on any atom is -0.465 e. The van der Waals surface area contributed by atoms with Crippen molar-refractivity contribution < 1.29 is 17.9 Å². The van der Waals surface area contributed by atoms with Crippen molar-refractivity contribution in [2.45, 2.75) is 11.8 Å². The minimum absolute atomic E-state index is 0.0621. The molecule has 0 aliphatic carbocycles. The van der Waals surface area contributed by atoms with Gasteiger partial charge in [0, 0.05) is 0 Å². The lowest BCUT2D eigenvalue weighted by Crippen LogP contribution is -2.04. The first-order chi connectivity index (χ1) is 11.4. The first-order valence-electron chi connectivity index (χ1n) is 7.00. The summed E-state index contributed by atoms with van der Waals surface area (Å²) in [5, 5.41) is 9.25. The van der Waals surface area contributed by atoms with Gasteiger partial charge in [-0.25, -0.2) is 13.2 Å². The SMILES string of the molecule is COC(=O)c1ccc(/C=C(\C#N)S(=O)(=O)c2ccc(C)cc2)cc1. The van der Waals surface area contributed by atoms with Crippen LogP contribution in [-0.4, -0.2) is 21.5 Å². The molecule has 2 rings (SSSR count). The number of hydrogen-bond acceptors (Lipinski definition) is 5. The number of ether oxygens (including phenoxy) is 1. The predicted molar refractivity (Wildman–Crippen MR) is 89.7 cm³/mol. The molecule has 2 aromatic carbocycles. The molecule has 2 aromatic rings. The van der Waals surface area contributed by atoms with Crippen LogP contribution in [0.2, 0.25) is 0 Å². The number of benzene rings is 2. The predicted octanol–water partition coefficient (Wildman–Crippen LogP) is 3.12. The van der Waals surface area contributed by atoms with Gasteiger partial charge in [-0.1, -0.05) is 29.8 Å². The van der Waals surface area contributed by atoms with Crippen LogP contribution < -0.4 is 0 Å². The first kappa shape index (κ1) is 17.4. The number of esters is 1. The quantitative estimate of drug-likeness (QED) is 0.630. The first-order valence-corrected chi connectivity index (χ1v) is 8.48. The van der Waals surface area contributed by atoms with Crippen molar-refractivity contribution >= 4 is 21.9 Å². The molecule has 0 radical (unpaired) electrons. The molecule has 0 atom stereocenters. The van der Waals surface area contributed by atoms with E-state index in [1.54, 1.807) is 30.3 Å². The lowest BCUT2D eigenvalue weighted by molar-refractivity contribution is 0.0600. The molecule has 0 amide bonds. The Kier molecular flexibility index (Phi) is 5.17. The highest BCUT2D eigenvalue weighted by Gasteiger charge is 2.20. The number of carbonyl (C=O) groups is 1. The van der Waals surface area contributed by atoms with Crippen LogP contribution in [0.15, 0.2) is 58.3 Å². The lowest BCUT2D eigenvalue weighted by atomic mass is 10.1. The fourth-order valence-corrected chi connectivity index (χ4v) is 3.16. The molecule has 0 heterocycles. The lowest BCUT2D eigenvalue weighted by Gasteiger charge is -2.04. The maximum Gasteiger partial charge on any atom is 0.337 e. The van der Waals surface area contributed by atoms with Gasteiger partial charge in [0.1, 0.15) is 11.0 Å². The molecule has 0 aliphatic rings. The maximum absolute atomic E-state index is 12.5. The summed E-state index contributed by atoms with van der Waals surface area (Å²) in [4.78, 5) is 11.1. The van der Waals surface area contributed by atoms with Gasteiger partial charge in [-0.3, -0.25) is 0 Å². The number of nitrogens with zero attached hydrogens (tertiary/aromatic N) is 1. The second-order valence-corrected chi connectivity index (χ2v) is 6.97. The van der Waals surface area contributed by atoms with E-state index in [9.17, 15) is 18.5 Å². The number of nitriles is 1. The van der Waals surface area contributed by atoms with Gasteiger partial charge < -0.3 is 4.74 Å². The number of rotatable bonds is 4. The van der Waals surface area contributed by atoms with Gasteiger partial charge in [0.15, 0.2) is 0 Å². The summed E-state index contributed by atoms with van der Waals surface area (Å²) in [6.07, 6.45) is 1.27. The number of sulfone groups is 1. The molecule has 0 saturated heterocycles. The average molecular weight is 341 g/mol. The summed E-state index contributed by atoms with van der Waals surface area (Å²) in [6.45, 7) is 1.85. The Morgan fingerprint density at radius 1 is 1.08 bits per heavy atom. The highest BCUT2D eigenvalue weighted by Crippen LogP contribution is 2.21. The van der Waals surface area contributed by atoms with E-state index in [4.69, 9.17) is 0 Å². The van der Waals surface area contributed by atoms with E-state index in [2.05, 4.69) is 4.74 Å². The molecule has 24 heavy (non-hydrogen) atoms. The smallest absolute Gasteiger partial charge is 0.337 e. The van der Waals surface area contributed by atoms with Gasteiger partial charge >= 0.3 is 5.97 Å². The third-order valence-electron chi connectivity index (χ3n) is 3.36. The second-order valence-electron chi connectivity index (χ2n) is 5.05. The highest BCUT2D eigenvalue weighted by molar-refractivity contribution is 7.95. The Hall–Kier alpha value is -2.91. The molecular formula is C18H15NO4S. The maximum atomic E-state index is 12.5. The molecule has 0 aromatic heterocycles. The summed E-state index contributed by atoms with van der Waals surface area (Å²) in [5.41, 5.74) is 1.76. The van der Waals surface area contributed by atoms with Gasteiger partial charge in [-0.05, 0) is 42.8 Å². The number of methoxy groups -OCH3 is 1. The molecule has 0 aliphatic heterocycles. The molecule has 0 bridgehead atoms. The number of hydrogen-bond donors (Lipinski definition) is 0. The Balaban J connectivity index is 2.40. The van der Waals surface area contributed by atoms with Crippen molar-refractivity contribution in [2.75, 3.05) is 7.11 Å². The molecule has 0 saturated carbocycles. The Morgan fingerprint density at radius 3 is 2.17 bits per heavy atom. The third kappa shape index (κ3) is 3.70. The van der Waals surface area contributed by atoms with E-state index in [1.807, 2.05) is 6.92 Å². The van der Waals surface area contributed by atoms with Crippen LogP contribution in [0.4, 0.5) is 0 Å². The summed E-state index contributed by atoms with van der Waals surface area (Å²) in [6, 6.07) is 14.1. The monoisotopic (exact) mass is 341 g/mol. The number of carbonyl (C=O) groups excluding carboxylic acids is 1. The molecular weight excluding hydrogens is 326 g/mol. The average Bonchev–Trinajstić information content (AvgIpc) is 2.59. The summed E-state index contributed by atoms with van der Waals surface area (Å²) >= 11 is 0. The summed E-state index contributed by atoms with van der Waals surface area (Å²) in [5.74, 6) is -0.488. The molecule has 0 fully saturated rings. The largest absolute Gasteiger partial charge is 0.465 e. The van der Waals surface area contributed by atoms with Crippen molar-refractivity contribution in [2.24, 2.45) is 0 Å². The summed E-state index contributed by atoms with van der Waals surface area (Å²) in [7, 11) is -2.61. The van der Waals surface area contributed by atoms with Crippen LogP contribution in [0.25, 0.3) is 6.08 Å². The zero-order valence-corrected chi connectivity index (χ0v) is 14.0. The van der Waals surface area contributed by atoms with Crippen molar-refractivity contribution in [1.82, 2.24) is 0 Å². The Morgan fingerprint density at radius 2 is 1.67 bits per heavy atom. The standard InChI is InChI=1S/C18H15NO4S/c1-13-3-9-16(10-4-13)24(21,22)17(12-19)11-14-5-7-15(8-6-14)18(20)23-2/h3-11H,1-2H3/b17-11+. The highest BCUT2D eigenvalue weighted by atomic mass is 32.2. The zero-order valence-electron chi connectivity index (χ0n) is 13.2. The van der Waals surface area contributed by atoms with Crippen molar-refractivity contribution in [3.8, 4) is 6.07 Å². The van der Waals surface area contributed by atoms with E-state index < -0.39 is 15.8 Å². The van der Waals surface area contributed by atoms with Crippen LogP contribution in [0.1, 0.15) is 21.5 Å². The fraction of sp³-hybridized carbons (Fsp3) is 0.111.